The van der Waals surface area contributed by atoms with Crippen LogP contribution in [-0.4, -0.2) is 155 Å². The van der Waals surface area contributed by atoms with Crippen molar-refractivity contribution in [3.63, 3.8) is 0 Å². The van der Waals surface area contributed by atoms with Gasteiger partial charge in [-0.25, -0.2) is 0 Å². The van der Waals surface area contributed by atoms with Crippen molar-refractivity contribution in [1.29, 1.82) is 0 Å². The van der Waals surface area contributed by atoms with Crippen molar-refractivity contribution in [1.82, 2.24) is 0 Å². The molecule has 0 aliphatic heterocycles. The van der Waals surface area contributed by atoms with Crippen LogP contribution >= 0.6 is 0 Å². The molecule has 0 rings (SSSR count). The molecule has 444 valence electrons. The number of unbranched alkanes of at least 4 members (excludes halogenated alkanes) is 30. The lowest BCUT2D eigenvalue weighted by Gasteiger charge is -2.34. The molecule has 3 N–H and O–H groups in total. The average molecular weight is 1120 g/mol. The van der Waals surface area contributed by atoms with E-state index in [9.17, 15) is 15.3 Å². The van der Waals surface area contributed by atoms with Crippen LogP contribution in [0.15, 0.2) is 0 Å². The van der Waals surface area contributed by atoms with Gasteiger partial charge in [-0.15, -0.1) is 0 Å². The molecule has 0 saturated heterocycles. The number of hydrogen-bond donors (Lipinski definition) is 3. The minimum Gasteiger partial charge on any atom is -1.00 e. The predicted octanol–water partition coefficient (Wildman–Crippen LogP) is 8.20. The number of hydrogen-bond acceptors (Lipinski definition) is 9. The first-order chi connectivity index (χ1) is 34.3. The van der Waals surface area contributed by atoms with Crippen LogP contribution in [0.4, 0.5) is 0 Å². The predicted molar refractivity (Wildman–Crippen MR) is 305 cm³/mol. The third-order valence-electron chi connectivity index (χ3n) is 14.5. The van der Waals surface area contributed by atoms with Crippen LogP contribution in [0.1, 0.15) is 253 Å². The maximum atomic E-state index is 11.3. The quantitative estimate of drug-likeness (QED) is 0.0315. The van der Waals surface area contributed by atoms with Crippen LogP contribution in [0.25, 0.3) is 0 Å². The first-order valence-corrected chi connectivity index (χ1v) is 34.6. The van der Waals surface area contributed by atoms with Gasteiger partial charge in [-0.1, -0.05) is 194 Å². The van der Waals surface area contributed by atoms with Gasteiger partial charge < -0.3 is 75.7 Å². The Bertz CT molecular complexity index is 1120. The highest BCUT2D eigenvalue weighted by molar-refractivity contribution is 6.61. The average Bonchev–Trinajstić information content (AvgIpc) is 3.34. The summed E-state index contributed by atoms with van der Waals surface area (Å²) < 4.78 is 39.9. The number of quaternary nitrogens is 2. The van der Waals surface area contributed by atoms with Crippen molar-refractivity contribution in [3.8, 4) is 0 Å². The maximum absolute atomic E-state index is 11.3. The molecule has 0 saturated carbocycles. The molecule has 0 aliphatic carbocycles. The number of halogens is 2. The van der Waals surface area contributed by atoms with E-state index in [1.54, 1.807) is 0 Å². The highest BCUT2D eigenvalue weighted by Gasteiger charge is 2.44. The van der Waals surface area contributed by atoms with Crippen LogP contribution in [0.3, 0.4) is 0 Å². The van der Waals surface area contributed by atoms with Crippen molar-refractivity contribution in [3.05, 3.63) is 0 Å². The molecule has 0 spiro atoms. The Morgan fingerprint density at radius 3 is 0.781 bits per heavy atom. The molecule has 0 bridgehead atoms. The zero-order valence-electron chi connectivity index (χ0n) is 49.8. The van der Waals surface area contributed by atoms with Crippen molar-refractivity contribution >= 4 is 17.6 Å². The summed E-state index contributed by atoms with van der Waals surface area (Å²) in [4.78, 5) is 0. The highest BCUT2D eigenvalue weighted by Crippen LogP contribution is 2.24. The Hall–Kier alpha value is 0.574. The van der Waals surface area contributed by atoms with Gasteiger partial charge in [0.15, 0.2) is 0 Å². The third kappa shape index (κ3) is 48.2. The van der Waals surface area contributed by atoms with Gasteiger partial charge in [0.1, 0.15) is 0 Å². The third-order valence-corrected chi connectivity index (χ3v) is 20.5. The molecule has 0 amide bonds. The largest absolute Gasteiger partial charge is 1.00 e. The van der Waals surface area contributed by atoms with Crippen molar-refractivity contribution in [2.45, 2.75) is 277 Å². The minimum absolute atomic E-state index is 0. The van der Waals surface area contributed by atoms with Crippen LogP contribution in [0.5, 0.6) is 0 Å². The second-order valence-electron chi connectivity index (χ2n) is 22.7. The second kappa shape index (κ2) is 53.2. The summed E-state index contributed by atoms with van der Waals surface area (Å²) in [5.74, 6) is 0. The normalized spacial score (nSPS) is 14.0. The van der Waals surface area contributed by atoms with Crippen LogP contribution in [-0.2, 0) is 26.6 Å². The van der Waals surface area contributed by atoms with Gasteiger partial charge in [0.2, 0.25) is 0 Å². The van der Waals surface area contributed by atoms with Crippen molar-refractivity contribution in [2.24, 2.45) is 0 Å². The molecule has 3 unspecified atom stereocenters. The standard InChI is InChI=1S/C58H126N2O9Si2.2ClH/c1-10-15-17-19-21-23-25-27-29-31-33-35-37-39-41-43-47-59(6,7)49-45-51-70(64-12-3,65-13-4)68-55-58(63)56-69-71(66-14-5,67-54-57(62)53-61)52-46-50-60(8,9)48-44-42-40-38-36-34-32-30-28-26-24-22-20-18-16-11-2;;/h57-58,61-63H,10-56H2,1-9H3;2*1H/q+2;;/p-2. The molecular formula is C58H126Cl2N2O9Si2. The highest BCUT2D eigenvalue weighted by atomic mass is 35.5. The fraction of sp³-hybridized carbons (Fsp3) is 1.00. The lowest BCUT2D eigenvalue weighted by atomic mass is 10.0. The SMILES string of the molecule is CCCCCCCCCCCCCCCCCC[N+](C)(C)CCC[Si](OCC)(OCC)OCC(O)CO[Si](CCC[N+](C)(C)CCCCCCCCCCCCCCCCCC)(OCC)OCC(O)CO.[Cl-].[Cl-]. The summed E-state index contributed by atoms with van der Waals surface area (Å²) >= 11 is 0. The Morgan fingerprint density at radius 1 is 0.315 bits per heavy atom. The van der Waals surface area contributed by atoms with Crippen LogP contribution < -0.4 is 24.8 Å². The van der Waals surface area contributed by atoms with Crippen LogP contribution in [0, 0.1) is 0 Å². The molecule has 0 fully saturated rings. The smallest absolute Gasteiger partial charge is 0.501 e. The summed E-state index contributed by atoms with van der Waals surface area (Å²) in [6, 6.07) is 1.24. The van der Waals surface area contributed by atoms with E-state index in [4.69, 9.17) is 26.6 Å². The monoisotopic (exact) mass is 1120 g/mol. The first-order valence-electron chi connectivity index (χ1n) is 30.7. The number of rotatable bonds is 58. The van der Waals surface area contributed by atoms with Crippen molar-refractivity contribution < 1.29 is 75.7 Å². The zero-order chi connectivity index (χ0) is 52.6. The van der Waals surface area contributed by atoms with Crippen molar-refractivity contribution in [2.75, 3.05) is 101 Å². The van der Waals surface area contributed by atoms with Gasteiger partial charge in [-0.2, -0.15) is 0 Å². The molecule has 0 aliphatic rings. The topological polar surface area (TPSA) is 116 Å². The Morgan fingerprint density at radius 2 is 0.534 bits per heavy atom. The van der Waals surface area contributed by atoms with Gasteiger partial charge in [-0.05, 0) is 46.5 Å². The van der Waals surface area contributed by atoms with E-state index in [-0.39, 0.29) is 44.6 Å². The lowest BCUT2D eigenvalue weighted by molar-refractivity contribution is -0.890. The van der Waals surface area contributed by atoms with Gasteiger partial charge in [0.05, 0.1) is 93.0 Å². The number of aliphatic hydroxyl groups is 3. The van der Waals surface area contributed by atoms with Gasteiger partial charge in [-0.3, -0.25) is 0 Å². The molecule has 0 aromatic rings. The van der Waals surface area contributed by atoms with E-state index >= 15 is 0 Å². The first kappa shape index (κ1) is 77.8. The van der Waals surface area contributed by atoms with E-state index in [1.165, 1.54) is 205 Å². The van der Waals surface area contributed by atoms with Gasteiger partial charge in [0.25, 0.3) is 0 Å². The molecule has 11 nitrogen and oxygen atoms in total. The molecule has 3 atom stereocenters. The molecule has 0 radical (unpaired) electrons. The summed E-state index contributed by atoms with van der Waals surface area (Å²) in [5.41, 5.74) is 0. The Labute approximate surface area is 468 Å². The fourth-order valence-electron chi connectivity index (χ4n) is 9.96. The Kier molecular flexibility index (Phi) is 56.7. The molecule has 73 heavy (non-hydrogen) atoms. The van der Waals surface area contributed by atoms with E-state index in [0.29, 0.717) is 31.9 Å². The number of aliphatic hydroxyl groups excluding tert-OH is 3. The van der Waals surface area contributed by atoms with E-state index in [0.717, 1.165) is 48.0 Å². The zero-order valence-corrected chi connectivity index (χ0v) is 53.3. The minimum atomic E-state index is -3.34. The summed E-state index contributed by atoms with van der Waals surface area (Å²) in [7, 11) is 2.83. The van der Waals surface area contributed by atoms with E-state index in [1.807, 2.05) is 20.8 Å². The molecule has 0 heterocycles. The van der Waals surface area contributed by atoms with E-state index < -0.39 is 36.4 Å². The maximum Gasteiger partial charge on any atom is 0.501 e. The molecular weight excluding hydrogens is 996 g/mol. The van der Waals surface area contributed by atoms with Gasteiger partial charge in [0, 0.05) is 44.8 Å². The van der Waals surface area contributed by atoms with E-state index in [2.05, 4.69) is 42.0 Å². The van der Waals surface area contributed by atoms with Crippen LogP contribution in [0.2, 0.25) is 12.1 Å². The molecule has 0 aromatic carbocycles. The fourth-order valence-corrected chi connectivity index (χ4v) is 15.2. The lowest BCUT2D eigenvalue weighted by Crippen LogP contribution is -3.00. The summed E-state index contributed by atoms with van der Waals surface area (Å²) in [6.45, 7) is 15.5. The van der Waals surface area contributed by atoms with Gasteiger partial charge >= 0.3 is 17.6 Å². The molecule has 0 aromatic heterocycles. The summed E-state index contributed by atoms with van der Waals surface area (Å²) in [6.07, 6.45) is 43.9. The molecule has 15 heteroatoms. The summed E-state index contributed by atoms with van der Waals surface area (Å²) in [5, 5.41) is 31.2. The number of nitrogens with zero attached hydrogens (tertiary/aromatic N) is 2. The Balaban J connectivity index is -0.0000245. The second-order valence-corrected chi connectivity index (χ2v) is 28.1.